The van der Waals surface area contributed by atoms with E-state index in [-0.39, 0.29) is 43.3 Å². The number of nitrogens with one attached hydrogen (secondary N) is 3. The summed E-state index contributed by atoms with van der Waals surface area (Å²) >= 11 is 0. The average Bonchev–Trinajstić information content (AvgIpc) is 3.12. The summed E-state index contributed by atoms with van der Waals surface area (Å²) in [7, 11) is -3.55. The van der Waals surface area contributed by atoms with E-state index >= 15 is 0 Å². The van der Waals surface area contributed by atoms with Gasteiger partial charge in [0.15, 0.2) is 0 Å². The van der Waals surface area contributed by atoms with Crippen molar-refractivity contribution in [3.63, 3.8) is 0 Å². The molecule has 1 saturated heterocycles. The highest BCUT2D eigenvalue weighted by atomic mass is 32.2. The highest BCUT2D eigenvalue weighted by Gasteiger charge is 2.47. The second-order valence-electron chi connectivity index (χ2n) is 9.29. The number of alkyl halides is 3. The van der Waals surface area contributed by atoms with Crippen LogP contribution in [-0.2, 0) is 27.4 Å². The van der Waals surface area contributed by atoms with E-state index in [4.69, 9.17) is 0 Å². The van der Waals surface area contributed by atoms with Crippen molar-refractivity contribution in [2.75, 3.05) is 36.0 Å². The van der Waals surface area contributed by atoms with Crippen LogP contribution in [-0.4, -0.2) is 55.5 Å². The monoisotopic (exact) mass is 537 g/mol. The van der Waals surface area contributed by atoms with Crippen molar-refractivity contribution in [3.8, 4) is 0 Å². The van der Waals surface area contributed by atoms with Crippen molar-refractivity contribution in [2.45, 2.75) is 44.8 Å². The predicted octanol–water partition coefficient (Wildman–Crippen LogP) is 3.75. The lowest BCUT2D eigenvalue weighted by Gasteiger charge is -2.34. The number of amides is 1. The lowest BCUT2D eigenvalue weighted by atomic mass is 9.89. The van der Waals surface area contributed by atoms with E-state index < -0.39 is 33.2 Å². The maximum Gasteiger partial charge on any atom is 0.416 e. The van der Waals surface area contributed by atoms with E-state index in [9.17, 15) is 26.4 Å². The summed E-state index contributed by atoms with van der Waals surface area (Å²) in [5.41, 5.74) is 1.14. The van der Waals surface area contributed by atoms with Crippen molar-refractivity contribution in [1.29, 1.82) is 0 Å². The topological polar surface area (TPSA) is 103 Å². The largest absolute Gasteiger partial charge is 0.416 e. The maximum absolute atomic E-state index is 13.0. The summed E-state index contributed by atoms with van der Waals surface area (Å²) in [6, 6.07) is 10.5. The van der Waals surface area contributed by atoms with Crippen molar-refractivity contribution < 1.29 is 26.4 Å². The molecule has 2 aromatic rings. The zero-order valence-corrected chi connectivity index (χ0v) is 21.5. The van der Waals surface area contributed by atoms with Gasteiger partial charge in [0.2, 0.25) is 16.0 Å². The molecule has 0 bridgehead atoms. The summed E-state index contributed by atoms with van der Waals surface area (Å²) in [5.74, 6) is -0.383. The van der Waals surface area contributed by atoms with E-state index in [2.05, 4.69) is 20.9 Å². The second-order valence-corrected chi connectivity index (χ2v) is 11.4. The minimum Gasteiger partial charge on any atom is -0.385 e. The van der Waals surface area contributed by atoms with Crippen LogP contribution < -0.4 is 16.0 Å². The molecule has 2 aliphatic heterocycles. The van der Waals surface area contributed by atoms with Crippen LogP contribution in [0, 0.1) is 6.92 Å². The summed E-state index contributed by atoms with van der Waals surface area (Å²) in [4.78, 5) is 17.2. The maximum atomic E-state index is 13.0. The standard InChI is InChI=1S/C25H30F3N5O3S/c1-3-29-20-8-7-18(17(2)15-20)9-14-37(35,36)33-12-10-24(11-13-33)22(34)31-23(32-24)30-21-6-4-5-19(16-21)25(26,27)28/h4-8,15-16,29H,3,9-14H2,1-2H3,(H2,30,31,32,34). The van der Waals surface area contributed by atoms with Gasteiger partial charge in [0.1, 0.15) is 5.54 Å². The van der Waals surface area contributed by atoms with Gasteiger partial charge in [0, 0.05) is 31.0 Å². The fraction of sp³-hybridized carbons (Fsp3) is 0.440. The zero-order valence-electron chi connectivity index (χ0n) is 20.7. The van der Waals surface area contributed by atoms with Gasteiger partial charge in [0.25, 0.3) is 5.91 Å². The summed E-state index contributed by atoms with van der Waals surface area (Å²) in [5, 5.41) is 8.55. The van der Waals surface area contributed by atoms with Crippen LogP contribution in [0.1, 0.15) is 36.5 Å². The number of carbonyl (C=O) groups is 1. The van der Waals surface area contributed by atoms with Gasteiger partial charge >= 0.3 is 6.18 Å². The first-order valence-corrected chi connectivity index (χ1v) is 13.7. The highest BCUT2D eigenvalue weighted by molar-refractivity contribution is 7.89. The van der Waals surface area contributed by atoms with Crippen molar-refractivity contribution in [3.05, 3.63) is 59.2 Å². The van der Waals surface area contributed by atoms with E-state index in [0.717, 1.165) is 35.5 Å². The highest BCUT2D eigenvalue weighted by Crippen LogP contribution is 2.33. The minimum atomic E-state index is -4.49. The Morgan fingerprint density at radius 1 is 1.11 bits per heavy atom. The molecule has 4 rings (SSSR count). The zero-order chi connectivity index (χ0) is 26.8. The van der Waals surface area contributed by atoms with E-state index in [0.29, 0.717) is 6.42 Å². The number of hydrogen-bond donors (Lipinski definition) is 3. The Labute approximate surface area is 214 Å². The molecular formula is C25H30F3N5O3S. The first kappa shape index (κ1) is 26.9. The van der Waals surface area contributed by atoms with E-state index in [1.54, 1.807) is 0 Å². The first-order chi connectivity index (χ1) is 17.4. The van der Waals surface area contributed by atoms with Crippen LogP contribution in [0.2, 0.25) is 0 Å². The van der Waals surface area contributed by atoms with Crippen LogP contribution >= 0.6 is 0 Å². The number of halogens is 3. The van der Waals surface area contributed by atoms with Gasteiger partial charge in [-0.1, -0.05) is 12.1 Å². The molecule has 0 unspecified atom stereocenters. The van der Waals surface area contributed by atoms with Gasteiger partial charge < -0.3 is 10.6 Å². The van der Waals surface area contributed by atoms with Gasteiger partial charge in [-0.3, -0.25) is 10.1 Å². The van der Waals surface area contributed by atoms with Crippen molar-refractivity contribution >= 4 is 33.3 Å². The quantitative estimate of drug-likeness (QED) is 0.499. The Kier molecular flexibility index (Phi) is 7.52. The fourth-order valence-corrected chi connectivity index (χ4v) is 6.09. The van der Waals surface area contributed by atoms with Crippen LogP contribution in [0.5, 0.6) is 0 Å². The molecule has 0 radical (unpaired) electrons. The number of rotatable bonds is 7. The molecule has 1 amide bonds. The summed E-state index contributed by atoms with van der Waals surface area (Å²) in [6.07, 6.45) is -3.75. The minimum absolute atomic E-state index is 0.0425. The molecule has 2 heterocycles. The number of benzene rings is 2. The second kappa shape index (κ2) is 10.3. The van der Waals surface area contributed by atoms with Gasteiger partial charge in [0.05, 0.1) is 11.3 Å². The van der Waals surface area contributed by atoms with E-state index in [1.165, 1.54) is 16.4 Å². The Morgan fingerprint density at radius 3 is 2.49 bits per heavy atom. The molecule has 0 atom stereocenters. The van der Waals surface area contributed by atoms with Gasteiger partial charge in [-0.25, -0.2) is 17.7 Å². The number of guanidine groups is 1. The molecule has 1 spiro atoms. The Hall–Kier alpha value is -3.12. The first-order valence-electron chi connectivity index (χ1n) is 12.1. The van der Waals surface area contributed by atoms with Gasteiger partial charge in [-0.15, -0.1) is 0 Å². The number of carbonyl (C=O) groups excluding carboxylic acids is 1. The third-order valence-corrected chi connectivity index (χ3v) is 8.60. The molecule has 1 fully saturated rings. The molecular weight excluding hydrogens is 507 g/mol. The molecule has 0 saturated carbocycles. The predicted molar refractivity (Wildman–Crippen MR) is 137 cm³/mol. The number of sulfonamides is 1. The molecule has 0 aromatic heterocycles. The Balaban J connectivity index is 1.37. The van der Waals surface area contributed by atoms with Gasteiger partial charge in [-0.2, -0.15) is 13.2 Å². The van der Waals surface area contributed by atoms with Crippen LogP contribution in [0.15, 0.2) is 47.5 Å². The number of anilines is 2. The molecule has 0 aliphatic carbocycles. The molecule has 8 nitrogen and oxygen atoms in total. The van der Waals surface area contributed by atoms with E-state index in [1.807, 2.05) is 32.0 Å². The smallest absolute Gasteiger partial charge is 0.385 e. The summed E-state index contributed by atoms with van der Waals surface area (Å²) < 4.78 is 66.4. The van der Waals surface area contributed by atoms with Crippen LogP contribution in [0.25, 0.3) is 0 Å². The van der Waals surface area contributed by atoms with Crippen molar-refractivity contribution in [1.82, 2.24) is 9.62 Å². The normalized spacial score (nSPS) is 18.0. The molecule has 37 heavy (non-hydrogen) atoms. The molecule has 200 valence electrons. The fourth-order valence-electron chi connectivity index (χ4n) is 4.62. The molecule has 12 heteroatoms. The van der Waals surface area contributed by atoms with Crippen LogP contribution in [0.3, 0.4) is 0 Å². The number of nitrogens with zero attached hydrogens (tertiary/aromatic N) is 2. The number of piperidine rings is 1. The molecule has 2 aliphatic rings. The van der Waals surface area contributed by atoms with Gasteiger partial charge in [-0.05, 0) is 74.6 Å². The molecule has 2 aromatic carbocycles. The Bertz CT molecular complexity index is 1300. The SMILES string of the molecule is CCNc1ccc(CCS(=O)(=O)N2CCC3(CC2)N=C(Nc2cccc(C(F)(F)F)c2)NC3=O)c(C)c1. The third kappa shape index (κ3) is 6.07. The number of hydrogen-bond acceptors (Lipinski definition) is 6. The Morgan fingerprint density at radius 2 is 1.84 bits per heavy atom. The summed E-state index contributed by atoms with van der Waals surface area (Å²) in [6.45, 7) is 5.03. The third-order valence-electron chi connectivity index (χ3n) is 6.73. The average molecular weight is 538 g/mol. The molecule has 3 N–H and O–H groups in total. The van der Waals surface area contributed by atoms with Crippen LogP contribution in [0.4, 0.5) is 24.5 Å². The lowest BCUT2D eigenvalue weighted by Crippen LogP contribution is -2.51. The van der Waals surface area contributed by atoms with Crippen molar-refractivity contribution in [2.24, 2.45) is 4.99 Å². The lowest BCUT2D eigenvalue weighted by molar-refractivity contribution is -0.137. The number of aliphatic imine (C=N–C) groups is 1. The number of aryl methyl sites for hydroxylation is 2.